The summed E-state index contributed by atoms with van der Waals surface area (Å²) in [5.41, 5.74) is 1.81. The minimum atomic E-state index is 0.424. The molecule has 0 aliphatic heterocycles. The number of halogens is 1. The molecule has 3 nitrogen and oxygen atoms in total. The van der Waals surface area contributed by atoms with E-state index in [0.717, 1.165) is 27.8 Å². The van der Waals surface area contributed by atoms with E-state index in [4.69, 9.17) is 16.3 Å². The van der Waals surface area contributed by atoms with Gasteiger partial charge in [0.2, 0.25) is 0 Å². The quantitative estimate of drug-likeness (QED) is 0.707. The van der Waals surface area contributed by atoms with Gasteiger partial charge in [-0.3, -0.25) is 0 Å². The molecule has 0 bridgehead atoms. The fourth-order valence-electron chi connectivity index (χ4n) is 2.03. The smallest absolute Gasteiger partial charge is 0.159 e. The minimum absolute atomic E-state index is 0.424. The number of benzene rings is 2. The molecule has 3 aromatic rings. The van der Waals surface area contributed by atoms with Crippen LogP contribution in [-0.4, -0.2) is 17.3 Å². The van der Waals surface area contributed by atoms with E-state index in [1.54, 1.807) is 7.11 Å². The van der Waals surface area contributed by atoms with Gasteiger partial charge in [0, 0.05) is 16.3 Å². The molecule has 0 N–H and O–H groups in total. The number of rotatable bonds is 2. The van der Waals surface area contributed by atoms with Crippen molar-refractivity contribution >= 4 is 22.4 Å². The summed E-state index contributed by atoms with van der Waals surface area (Å²) in [5, 5.41) is 10.5. The third-order valence-corrected chi connectivity index (χ3v) is 3.28. The SMILES string of the molecule is COc1ccc(-c2nnc(Cl)c3ccccc23)cc1. The van der Waals surface area contributed by atoms with Gasteiger partial charge in [-0.05, 0) is 24.3 Å². The molecular weight excluding hydrogens is 260 g/mol. The molecule has 0 atom stereocenters. The standard InChI is InChI=1S/C15H11ClN2O/c1-19-11-8-6-10(7-9-11)14-12-4-2-3-5-13(12)15(16)18-17-14/h2-9H,1H3. The van der Waals surface area contributed by atoms with Gasteiger partial charge in [-0.2, -0.15) is 0 Å². The van der Waals surface area contributed by atoms with Gasteiger partial charge < -0.3 is 4.74 Å². The van der Waals surface area contributed by atoms with Crippen LogP contribution in [0.3, 0.4) is 0 Å². The number of fused-ring (bicyclic) bond motifs is 1. The second-order valence-electron chi connectivity index (χ2n) is 4.11. The van der Waals surface area contributed by atoms with Gasteiger partial charge in [-0.1, -0.05) is 35.9 Å². The van der Waals surface area contributed by atoms with Crippen LogP contribution in [0, 0.1) is 0 Å². The van der Waals surface area contributed by atoms with Gasteiger partial charge >= 0.3 is 0 Å². The Morgan fingerprint density at radius 1 is 0.895 bits per heavy atom. The maximum Gasteiger partial charge on any atom is 0.159 e. The van der Waals surface area contributed by atoms with Crippen LogP contribution in [0.5, 0.6) is 5.75 Å². The first-order valence-electron chi connectivity index (χ1n) is 5.85. The molecular formula is C15H11ClN2O. The number of methoxy groups -OCH3 is 1. The largest absolute Gasteiger partial charge is 0.497 e. The van der Waals surface area contributed by atoms with Crippen LogP contribution in [0.15, 0.2) is 48.5 Å². The highest BCUT2D eigenvalue weighted by Gasteiger charge is 2.09. The summed E-state index contributed by atoms with van der Waals surface area (Å²) in [6.45, 7) is 0. The molecule has 0 aliphatic rings. The van der Waals surface area contributed by atoms with Crippen molar-refractivity contribution in [2.75, 3.05) is 7.11 Å². The Kier molecular flexibility index (Phi) is 3.05. The van der Waals surface area contributed by atoms with Gasteiger partial charge in [0.1, 0.15) is 11.4 Å². The van der Waals surface area contributed by atoms with E-state index < -0.39 is 0 Å². The van der Waals surface area contributed by atoms with Crippen molar-refractivity contribution in [1.82, 2.24) is 10.2 Å². The second-order valence-corrected chi connectivity index (χ2v) is 4.47. The molecule has 0 radical (unpaired) electrons. The Morgan fingerprint density at radius 2 is 1.58 bits per heavy atom. The van der Waals surface area contributed by atoms with Crippen LogP contribution >= 0.6 is 11.6 Å². The molecule has 0 fully saturated rings. The summed E-state index contributed by atoms with van der Waals surface area (Å²) in [5.74, 6) is 0.815. The predicted octanol–water partition coefficient (Wildman–Crippen LogP) is 3.96. The normalized spacial score (nSPS) is 10.6. The first-order valence-corrected chi connectivity index (χ1v) is 6.23. The lowest BCUT2D eigenvalue weighted by Gasteiger charge is -2.07. The zero-order chi connectivity index (χ0) is 13.2. The van der Waals surface area contributed by atoms with E-state index in [1.807, 2.05) is 48.5 Å². The molecule has 2 aromatic carbocycles. The van der Waals surface area contributed by atoms with Crippen molar-refractivity contribution in [3.05, 3.63) is 53.7 Å². The average Bonchev–Trinajstić information content (AvgIpc) is 2.48. The number of hydrogen-bond acceptors (Lipinski definition) is 3. The molecule has 94 valence electrons. The van der Waals surface area contributed by atoms with Crippen molar-refractivity contribution in [2.24, 2.45) is 0 Å². The Morgan fingerprint density at radius 3 is 2.26 bits per heavy atom. The highest BCUT2D eigenvalue weighted by Crippen LogP contribution is 2.30. The summed E-state index contributed by atoms with van der Waals surface area (Å²) < 4.78 is 5.15. The maximum absolute atomic E-state index is 6.07. The fraction of sp³-hybridized carbons (Fsp3) is 0.0667. The summed E-state index contributed by atoms with van der Waals surface area (Å²) in [6, 6.07) is 15.6. The minimum Gasteiger partial charge on any atom is -0.497 e. The van der Waals surface area contributed by atoms with E-state index in [2.05, 4.69) is 10.2 Å². The number of ether oxygens (including phenoxy) is 1. The molecule has 0 saturated heterocycles. The van der Waals surface area contributed by atoms with Crippen LogP contribution in [0.4, 0.5) is 0 Å². The molecule has 1 aromatic heterocycles. The van der Waals surface area contributed by atoms with Crippen molar-refractivity contribution < 1.29 is 4.74 Å². The number of hydrogen-bond donors (Lipinski definition) is 0. The monoisotopic (exact) mass is 270 g/mol. The molecule has 0 unspecified atom stereocenters. The lowest BCUT2D eigenvalue weighted by Crippen LogP contribution is -1.91. The van der Waals surface area contributed by atoms with Crippen molar-refractivity contribution in [3.63, 3.8) is 0 Å². The average molecular weight is 271 g/mol. The fourth-order valence-corrected chi connectivity index (χ4v) is 2.24. The summed E-state index contributed by atoms with van der Waals surface area (Å²) in [6.07, 6.45) is 0. The third-order valence-electron chi connectivity index (χ3n) is 3.01. The van der Waals surface area contributed by atoms with Gasteiger partial charge in [0.05, 0.1) is 7.11 Å². The van der Waals surface area contributed by atoms with E-state index in [1.165, 1.54) is 0 Å². The summed E-state index contributed by atoms with van der Waals surface area (Å²) >= 11 is 6.07. The Bertz CT molecular complexity index is 726. The lowest BCUT2D eigenvalue weighted by atomic mass is 10.1. The van der Waals surface area contributed by atoms with Crippen LogP contribution in [0.25, 0.3) is 22.0 Å². The van der Waals surface area contributed by atoms with Crippen LogP contribution in [0.2, 0.25) is 5.15 Å². The van der Waals surface area contributed by atoms with Crippen LogP contribution in [-0.2, 0) is 0 Å². The molecule has 4 heteroatoms. The molecule has 0 aliphatic carbocycles. The molecule has 0 spiro atoms. The molecule has 0 amide bonds. The van der Waals surface area contributed by atoms with E-state index in [0.29, 0.717) is 5.15 Å². The van der Waals surface area contributed by atoms with Crippen LogP contribution in [0.1, 0.15) is 0 Å². The number of nitrogens with zero attached hydrogens (tertiary/aromatic N) is 2. The van der Waals surface area contributed by atoms with Crippen molar-refractivity contribution in [1.29, 1.82) is 0 Å². The van der Waals surface area contributed by atoms with Gasteiger partial charge in [0.15, 0.2) is 5.15 Å². The number of aromatic nitrogens is 2. The topological polar surface area (TPSA) is 35.0 Å². The molecule has 1 heterocycles. The molecule has 0 saturated carbocycles. The van der Waals surface area contributed by atoms with E-state index in [-0.39, 0.29) is 0 Å². The predicted molar refractivity (Wildman–Crippen MR) is 76.5 cm³/mol. The summed E-state index contributed by atoms with van der Waals surface area (Å²) in [7, 11) is 1.65. The lowest BCUT2D eigenvalue weighted by molar-refractivity contribution is 0.415. The Hall–Kier alpha value is -2.13. The van der Waals surface area contributed by atoms with Gasteiger partial charge in [0.25, 0.3) is 0 Å². The first-order chi connectivity index (χ1) is 9.29. The van der Waals surface area contributed by atoms with Crippen LogP contribution < -0.4 is 4.74 Å². The van der Waals surface area contributed by atoms with Crippen molar-refractivity contribution in [3.8, 4) is 17.0 Å². The highest BCUT2D eigenvalue weighted by molar-refractivity contribution is 6.34. The highest BCUT2D eigenvalue weighted by atomic mass is 35.5. The maximum atomic E-state index is 6.07. The molecule has 3 rings (SSSR count). The Balaban J connectivity index is 2.21. The second kappa shape index (κ2) is 4.86. The van der Waals surface area contributed by atoms with Crippen molar-refractivity contribution in [2.45, 2.75) is 0 Å². The third kappa shape index (κ3) is 2.13. The Labute approximate surface area is 115 Å². The summed E-state index contributed by atoms with van der Waals surface area (Å²) in [4.78, 5) is 0. The first kappa shape index (κ1) is 11.9. The van der Waals surface area contributed by atoms with Gasteiger partial charge in [-0.25, -0.2) is 0 Å². The van der Waals surface area contributed by atoms with E-state index >= 15 is 0 Å². The zero-order valence-electron chi connectivity index (χ0n) is 10.3. The van der Waals surface area contributed by atoms with E-state index in [9.17, 15) is 0 Å². The molecule has 19 heavy (non-hydrogen) atoms. The zero-order valence-corrected chi connectivity index (χ0v) is 11.1. The van der Waals surface area contributed by atoms with Gasteiger partial charge in [-0.15, -0.1) is 10.2 Å².